The van der Waals surface area contributed by atoms with Crippen LogP contribution in [0.1, 0.15) is 13.8 Å². The van der Waals surface area contributed by atoms with E-state index in [-0.39, 0.29) is 23.5 Å². The molecule has 0 amide bonds. The van der Waals surface area contributed by atoms with Crippen molar-refractivity contribution in [1.29, 1.82) is 0 Å². The third kappa shape index (κ3) is 4.54. The van der Waals surface area contributed by atoms with Crippen LogP contribution >= 0.6 is 7.60 Å². The Hall–Kier alpha value is -1.39. The molecule has 0 saturated heterocycles. The van der Waals surface area contributed by atoms with Crippen molar-refractivity contribution in [2.24, 2.45) is 5.92 Å². The number of hydrogen-bond acceptors (Lipinski definition) is 4. The molecule has 0 aliphatic heterocycles. The fourth-order valence-electron chi connectivity index (χ4n) is 1.29. The van der Waals surface area contributed by atoms with Gasteiger partial charge in [0.15, 0.2) is 0 Å². The summed E-state index contributed by atoms with van der Waals surface area (Å²) in [6.45, 7) is 3.62. The van der Waals surface area contributed by atoms with Gasteiger partial charge in [0.25, 0.3) is 5.69 Å². The highest BCUT2D eigenvalue weighted by atomic mass is 31.2. The highest BCUT2D eigenvalue weighted by Gasteiger charge is 2.22. The fourth-order valence-corrected chi connectivity index (χ4v) is 2.74. The lowest BCUT2D eigenvalue weighted by Crippen LogP contribution is -2.02. The molecule has 1 N–H and O–H groups in total. The van der Waals surface area contributed by atoms with E-state index in [4.69, 9.17) is 4.52 Å². The predicted molar refractivity (Wildman–Crippen MR) is 63.3 cm³/mol. The van der Waals surface area contributed by atoms with Gasteiger partial charge in [0.2, 0.25) is 0 Å². The summed E-state index contributed by atoms with van der Waals surface area (Å²) in [4.78, 5) is 19.4. The van der Waals surface area contributed by atoms with Crippen LogP contribution < -0.4 is 4.52 Å². The van der Waals surface area contributed by atoms with Crippen LogP contribution in [0.4, 0.5) is 5.69 Å². The van der Waals surface area contributed by atoms with E-state index in [1.165, 1.54) is 24.3 Å². The van der Waals surface area contributed by atoms with Crippen LogP contribution in [-0.2, 0) is 4.57 Å². The summed E-state index contributed by atoms with van der Waals surface area (Å²) in [6, 6.07) is 5.07. The molecule has 0 aliphatic rings. The van der Waals surface area contributed by atoms with Crippen molar-refractivity contribution in [2.45, 2.75) is 13.8 Å². The van der Waals surface area contributed by atoms with Crippen LogP contribution in [0.2, 0.25) is 0 Å². The van der Waals surface area contributed by atoms with E-state index in [0.717, 1.165) is 0 Å². The van der Waals surface area contributed by atoms with E-state index in [9.17, 15) is 19.6 Å². The lowest BCUT2D eigenvalue weighted by Gasteiger charge is -2.14. The van der Waals surface area contributed by atoms with Gasteiger partial charge >= 0.3 is 7.60 Å². The number of nitrogens with zero attached hydrogens (tertiary/aromatic N) is 1. The molecule has 94 valence electrons. The van der Waals surface area contributed by atoms with Gasteiger partial charge < -0.3 is 9.42 Å². The van der Waals surface area contributed by atoms with E-state index in [2.05, 4.69) is 0 Å². The van der Waals surface area contributed by atoms with Gasteiger partial charge in [-0.3, -0.25) is 10.1 Å². The second-order valence-corrected chi connectivity index (χ2v) is 5.88. The summed E-state index contributed by atoms with van der Waals surface area (Å²) < 4.78 is 16.5. The van der Waals surface area contributed by atoms with Crippen molar-refractivity contribution in [1.82, 2.24) is 0 Å². The molecule has 0 heterocycles. The summed E-state index contributed by atoms with van der Waals surface area (Å²) >= 11 is 0. The maximum absolute atomic E-state index is 11.6. The standard InChI is InChI=1S/C10H14NO5P/c1-8(2)7-17(14,15)16-10-5-3-9(4-6-10)11(12)13/h3-6,8H,7H2,1-2H3,(H,14,15). The van der Waals surface area contributed by atoms with Crippen molar-refractivity contribution < 1.29 is 18.9 Å². The minimum Gasteiger partial charge on any atom is -0.424 e. The van der Waals surface area contributed by atoms with Gasteiger partial charge in [-0.1, -0.05) is 13.8 Å². The molecule has 0 fully saturated rings. The lowest BCUT2D eigenvalue weighted by molar-refractivity contribution is -0.384. The molecule has 1 rings (SSSR count). The summed E-state index contributed by atoms with van der Waals surface area (Å²) in [7, 11) is -3.68. The van der Waals surface area contributed by atoms with Gasteiger partial charge in [-0.25, -0.2) is 4.57 Å². The molecule has 0 spiro atoms. The zero-order chi connectivity index (χ0) is 13.1. The molecule has 1 atom stereocenters. The first-order valence-electron chi connectivity index (χ1n) is 5.06. The Morgan fingerprint density at radius 1 is 1.41 bits per heavy atom. The molecule has 17 heavy (non-hydrogen) atoms. The Labute approximate surface area is 98.9 Å². The van der Waals surface area contributed by atoms with Crippen LogP contribution in [0.25, 0.3) is 0 Å². The molecule has 0 aliphatic carbocycles. The minimum atomic E-state index is -3.68. The van der Waals surface area contributed by atoms with E-state index in [0.29, 0.717) is 0 Å². The minimum absolute atomic E-state index is 0.0314. The molecular formula is C10H14NO5P. The highest BCUT2D eigenvalue weighted by molar-refractivity contribution is 7.53. The Morgan fingerprint density at radius 2 is 1.94 bits per heavy atom. The summed E-state index contributed by atoms with van der Waals surface area (Å²) in [5.41, 5.74) is -0.0889. The molecule has 0 aromatic heterocycles. The smallest absolute Gasteiger partial charge is 0.376 e. The van der Waals surface area contributed by atoms with Crippen molar-refractivity contribution in [3.8, 4) is 5.75 Å². The number of hydrogen-bond donors (Lipinski definition) is 1. The van der Waals surface area contributed by atoms with Crippen LogP contribution in [0.5, 0.6) is 5.75 Å². The van der Waals surface area contributed by atoms with Crippen molar-refractivity contribution in [2.75, 3.05) is 6.16 Å². The maximum atomic E-state index is 11.6. The molecule has 0 radical (unpaired) electrons. The molecular weight excluding hydrogens is 245 g/mol. The number of non-ortho nitro benzene ring substituents is 1. The first-order chi connectivity index (χ1) is 7.80. The third-order valence-electron chi connectivity index (χ3n) is 1.89. The molecule has 0 bridgehead atoms. The zero-order valence-electron chi connectivity index (χ0n) is 9.57. The quantitative estimate of drug-likeness (QED) is 0.499. The first-order valence-corrected chi connectivity index (χ1v) is 6.82. The second kappa shape index (κ2) is 5.29. The first kappa shape index (κ1) is 13.7. The van der Waals surface area contributed by atoms with Crippen LogP contribution in [-0.4, -0.2) is 16.0 Å². The van der Waals surface area contributed by atoms with Gasteiger partial charge in [0.1, 0.15) is 5.75 Å². The van der Waals surface area contributed by atoms with E-state index < -0.39 is 12.5 Å². The largest absolute Gasteiger partial charge is 0.424 e. The predicted octanol–water partition coefficient (Wildman–Crippen LogP) is 2.82. The maximum Gasteiger partial charge on any atom is 0.376 e. The normalized spacial score (nSPS) is 14.4. The molecule has 6 nitrogen and oxygen atoms in total. The van der Waals surface area contributed by atoms with Crippen molar-refractivity contribution in [3.63, 3.8) is 0 Å². The number of benzene rings is 1. The number of nitro benzene ring substituents is 1. The van der Waals surface area contributed by atoms with Gasteiger partial charge in [0, 0.05) is 12.1 Å². The van der Waals surface area contributed by atoms with E-state index in [1.54, 1.807) is 0 Å². The van der Waals surface area contributed by atoms with Crippen molar-refractivity contribution in [3.05, 3.63) is 34.4 Å². The van der Waals surface area contributed by atoms with Gasteiger partial charge in [-0.05, 0) is 18.1 Å². The Morgan fingerprint density at radius 3 is 2.35 bits per heavy atom. The summed E-state index contributed by atoms with van der Waals surface area (Å²) in [5, 5.41) is 10.4. The zero-order valence-corrected chi connectivity index (χ0v) is 10.5. The average molecular weight is 259 g/mol. The lowest BCUT2D eigenvalue weighted by atomic mass is 10.3. The number of rotatable bonds is 5. The van der Waals surface area contributed by atoms with Crippen LogP contribution in [0.3, 0.4) is 0 Å². The molecule has 1 unspecified atom stereocenters. The molecule has 1 aromatic carbocycles. The van der Waals surface area contributed by atoms with Gasteiger partial charge in [-0.15, -0.1) is 0 Å². The average Bonchev–Trinajstić information content (AvgIpc) is 2.15. The van der Waals surface area contributed by atoms with E-state index in [1.807, 2.05) is 13.8 Å². The molecule has 7 heteroatoms. The second-order valence-electron chi connectivity index (χ2n) is 4.06. The van der Waals surface area contributed by atoms with Gasteiger partial charge in [-0.2, -0.15) is 0 Å². The summed E-state index contributed by atoms with van der Waals surface area (Å²) in [5.74, 6) is 0.186. The monoisotopic (exact) mass is 259 g/mol. The molecule has 0 saturated carbocycles. The Bertz CT molecular complexity index is 443. The topological polar surface area (TPSA) is 89.7 Å². The summed E-state index contributed by atoms with van der Waals surface area (Å²) in [6.07, 6.45) is 0.0456. The Balaban J connectivity index is 2.75. The number of nitro groups is 1. The van der Waals surface area contributed by atoms with E-state index >= 15 is 0 Å². The van der Waals surface area contributed by atoms with Gasteiger partial charge in [0.05, 0.1) is 11.1 Å². The van der Waals surface area contributed by atoms with Crippen molar-refractivity contribution >= 4 is 13.3 Å². The SMILES string of the molecule is CC(C)CP(=O)(O)Oc1ccc([N+](=O)[O-])cc1. The van der Waals surface area contributed by atoms with Crippen LogP contribution in [0.15, 0.2) is 24.3 Å². The third-order valence-corrected chi connectivity index (χ3v) is 3.58. The van der Waals surface area contributed by atoms with Crippen LogP contribution in [0, 0.1) is 16.0 Å². The Kier molecular flexibility index (Phi) is 4.26. The highest BCUT2D eigenvalue weighted by Crippen LogP contribution is 2.44. The fraction of sp³-hybridized carbons (Fsp3) is 0.400. The molecule has 1 aromatic rings.